The molecule has 0 saturated carbocycles. The Bertz CT molecular complexity index is 1270. The van der Waals surface area contributed by atoms with Crippen molar-refractivity contribution < 1.29 is 4.74 Å². The third-order valence-electron chi connectivity index (χ3n) is 6.71. The van der Waals surface area contributed by atoms with Crippen LogP contribution in [0.25, 0.3) is 28.0 Å². The fourth-order valence-corrected chi connectivity index (χ4v) is 4.90. The summed E-state index contributed by atoms with van der Waals surface area (Å²) < 4.78 is 9.60. The molecule has 1 aliphatic heterocycles. The summed E-state index contributed by atoms with van der Waals surface area (Å²) >= 11 is 0. The normalized spacial score (nSPS) is 16.6. The first-order valence-corrected chi connectivity index (χ1v) is 11.1. The van der Waals surface area contributed by atoms with Gasteiger partial charge in [0.1, 0.15) is 17.0 Å². The molecule has 0 unspecified atom stereocenters. The van der Waals surface area contributed by atoms with Crippen LogP contribution in [0.3, 0.4) is 0 Å². The van der Waals surface area contributed by atoms with E-state index in [1.807, 2.05) is 16.9 Å². The van der Waals surface area contributed by atoms with Crippen molar-refractivity contribution in [1.29, 1.82) is 0 Å². The Morgan fingerprint density at radius 2 is 2.06 bits per heavy atom. The van der Waals surface area contributed by atoms with Gasteiger partial charge in [0, 0.05) is 30.9 Å². The monoisotopic (exact) mass is 414 g/mol. The number of methoxy groups -OCH3 is 1. The van der Waals surface area contributed by atoms with Crippen molar-refractivity contribution in [2.75, 3.05) is 26.7 Å². The number of aromatic nitrogens is 5. The number of ether oxygens (including phenoxy) is 1. The molecular formula is C24H26N6O. The highest BCUT2D eigenvalue weighted by molar-refractivity contribution is 5.91. The van der Waals surface area contributed by atoms with E-state index in [-0.39, 0.29) is 0 Å². The summed E-state index contributed by atoms with van der Waals surface area (Å²) in [6, 6.07) is 9.00. The number of likely N-dealkylation sites (N-methyl/N-ethyl adjacent to an activating group) is 1. The number of rotatable bonds is 5. The molecule has 0 atom stereocenters. The molecule has 0 bridgehead atoms. The molecule has 1 aromatic carbocycles. The first kappa shape index (κ1) is 18.6. The van der Waals surface area contributed by atoms with Gasteiger partial charge in [0.05, 0.1) is 36.7 Å². The van der Waals surface area contributed by atoms with E-state index in [2.05, 4.69) is 46.0 Å². The van der Waals surface area contributed by atoms with Crippen molar-refractivity contribution in [1.82, 2.24) is 29.4 Å². The average Bonchev–Trinajstić information content (AvgIpc) is 3.50. The van der Waals surface area contributed by atoms with Gasteiger partial charge in [-0.2, -0.15) is 10.2 Å². The van der Waals surface area contributed by atoms with Gasteiger partial charge >= 0.3 is 0 Å². The van der Waals surface area contributed by atoms with Crippen molar-refractivity contribution in [3.05, 3.63) is 54.0 Å². The minimum Gasteiger partial charge on any atom is -0.495 e. The lowest BCUT2D eigenvalue weighted by molar-refractivity contribution is 0.105. The van der Waals surface area contributed by atoms with Crippen molar-refractivity contribution in [2.45, 2.75) is 32.2 Å². The second-order valence-corrected chi connectivity index (χ2v) is 8.49. The van der Waals surface area contributed by atoms with Gasteiger partial charge < -0.3 is 4.74 Å². The Morgan fingerprint density at radius 1 is 1.16 bits per heavy atom. The first-order valence-electron chi connectivity index (χ1n) is 11.1. The number of benzene rings is 1. The number of pyridine rings is 1. The number of fused-ring (bicyclic) bond motifs is 2. The summed E-state index contributed by atoms with van der Waals surface area (Å²) in [6.45, 7) is 5.40. The third kappa shape index (κ3) is 2.95. The van der Waals surface area contributed by atoms with E-state index in [1.165, 1.54) is 17.5 Å². The quantitative estimate of drug-likeness (QED) is 0.499. The molecule has 0 amide bonds. The maximum atomic E-state index is 5.47. The molecule has 1 aliphatic carbocycles. The van der Waals surface area contributed by atoms with Crippen LogP contribution in [0, 0.1) is 0 Å². The summed E-state index contributed by atoms with van der Waals surface area (Å²) in [4.78, 5) is 7.14. The maximum absolute atomic E-state index is 5.47. The van der Waals surface area contributed by atoms with E-state index >= 15 is 0 Å². The third-order valence-corrected chi connectivity index (χ3v) is 6.71. The van der Waals surface area contributed by atoms with Crippen LogP contribution in [-0.4, -0.2) is 56.2 Å². The second kappa shape index (κ2) is 7.20. The second-order valence-electron chi connectivity index (χ2n) is 8.49. The summed E-state index contributed by atoms with van der Waals surface area (Å²) in [7, 11) is 1.67. The zero-order valence-corrected chi connectivity index (χ0v) is 18.0. The lowest BCUT2D eigenvalue weighted by Gasteiger charge is -2.38. The molecule has 4 heterocycles. The SMILES string of the molecule is CCN1CC(n2cc(-c3nn(-c4cccc5c4CCC5)c4cc(OC)cnc34)cn2)C1. The number of likely N-dealkylation sites (tertiary alicyclic amines) is 1. The van der Waals surface area contributed by atoms with Crippen LogP contribution in [0.1, 0.15) is 30.5 Å². The Kier molecular flexibility index (Phi) is 4.31. The van der Waals surface area contributed by atoms with Crippen LogP contribution >= 0.6 is 0 Å². The average molecular weight is 415 g/mol. The molecule has 2 aliphatic rings. The first-order chi connectivity index (χ1) is 15.2. The lowest BCUT2D eigenvalue weighted by Crippen LogP contribution is -2.47. The van der Waals surface area contributed by atoms with Crippen LogP contribution < -0.4 is 4.74 Å². The van der Waals surface area contributed by atoms with E-state index in [0.29, 0.717) is 6.04 Å². The van der Waals surface area contributed by atoms with E-state index in [0.717, 1.165) is 66.2 Å². The number of aryl methyl sites for hydroxylation is 1. The molecule has 7 heteroatoms. The largest absolute Gasteiger partial charge is 0.495 e. The minimum atomic E-state index is 0.437. The molecule has 1 fully saturated rings. The Balaban J connectivity index is 1.48. The predicted octanol–water partition coefficient (Wildman–Crippen LogP) is 3.66. The van der Waals surface area contributed by atoms with Crippen molar-refractivity contribution in [3.63, 3.8) is 0 Å². The minimum absolute atomic E-state index is 0.437. The molecule has 0 radical (unpaired) electrons. The van der Waals surface area contributed by atoms with Crippen LogP contribution in [-0.2, 0) is 12.8 Å². The molecule has 4 aromatic rings. The molecule has 1 saturated heterocycles. The zero-order chi connectivity index (χ0) is 20.9. The van der Waals surface area contributed by atoms with E-state index in [9.17, 15) is 0 Å². The summed E-state index contributed by atoms with van der Waals surface area (Å²) in [5.41, 5.74) is 7.67. The summed E-state index contributed by atoms with van der Waals surface area (Å²) in [5.74, 6) is 0.734. The molecule has 31 heavy (non-hydrogen) atoms. The maximum Gasteiger partial charge on any atom is 0.139 e. The van der Waals surface area contributed by atoms with Crippen molar-refractivity contribution in [3.8, 4) is 22.7 Å². The molecular weight excluding hydrogens is 388 g/mol. The fourth-order valence-electron chi connectivity index (χ4n) is 4.90. The molecule has 0 N–H and O–H groups in total. The Morgan fingerprint density at radius 3 is 2.90 bits per heavy atom. The summed E-state index contributed by atoms with van der Waals surface area (Å²) in [5, 5.41) is 9.72. The van der Waals surface area contributed by atoms with Gasteiger partial charge in [-0.1, -0.05) is 19.1 Å². The van der Waals surface area contributed by atoms with Gasteiger partial charge in [-0.3, -0.25) is 9.58 Å². The van der Waals surface area contributed by atoms with Crippen molar-refractivity contribution >= 4 is 11.0 Å². The number of hydrogen-bond donors (Lipinski definition) is 0. The van der Waals surface area contributed by atoms with E-state index in [1.54, 1.807) is 13.3 Å². The lowest BCUT2D eigenvalue weighted by atomic mass is 10.1. The molecule has 7 nitrogen and oxygen atoms in total. The van der Waals surface area contributed by atoms with E-state index < -0.39 is 0 Å². The Hall–Kier alpha value is -3.19. The standard InChI is InChI=1S/C24H26N6O/c1-3-28-14-18(15-28)29-13-17(11-26-29)23-24-22(10-19(31-2)12-25-24)30(27-23)21-9-5-7-16-6-4-8-20(16)21/h5,7,9-13,18H,3-4,6,8,14-15H2,1-2H3. The van der Waals surface area contributed by atoms with Gasteiger partial charge in [0.15, 0.2) is 0 Å². The highest BCUT2D eigenvalue weighted by Crippen LogP contribution is 2.34. The van der Waals surface area contributed by atoms with E-state index in [4.69, 9.17) is 14.8 Å². The topological polar surface area (TPSA) is 61.0 Å². The molecule has 6 rings (SSSR count). The van der Waals surface area contributed by atoms with Crippen molar-refractivity contribution in [2.24, 2.45) is 0 Å². The highest BCUT2D eigenvalue weighted by Gasteiger charge is 2.28. The van der Waals surface area contributed by atoms with Crippen LogP contribution in [0.15, 0.2) is 42.9 Å². The molecule has 0 spiro atoms. The van der Waals surface area contributed by atoms with Gasteiger partial charge in [0.2, 0.25) is 0 Å². The van der Waals surface area contributed by atoms with Crippen LogP contribution in [0.4, 0.5) is 0 Å². The predicted molar refractivity (Wildman–Crippen MR) is 120 cm³/mol. The number of nitrogens with zero attached hydrogens (tertiary/aromatic N) is 6. The van der Waals surface area contributed by atoms with Crippen LogP contribution in [0.2, 0.25) is 0 Å². The molecule has 158 valence electrons. The van der Waals surface area contributed by atoms with Gasteiger partial charge in [-0.05, 0) is 43.0 Å². The highest BCUT2D eigenvalue weighted by atomic mass is 16.5. The smallest absolute Gasteiger partial charge is 0.139 e. The molecule has 3 aromatic heterocycles. The summed E-state index contributed by atoms with van der Waals surface area (Å²) in [6.07, 6.45) is 9.23. The fraction of sp³-hybridized carbons (Fsp3) is 0.375. The van der Waals surface area contributed by atoms with Gasteiger partial charge in [-0.15, -0.1) is 0 Å². The number of hydrogen-bond acceptors (Lipinski definition) is 5. The van der Waals surface area contributed by atoms with Crippen LogP contribution in [0.5, 0.6) is 5.75 Å². The zero-order valence-electron chi connectivity index (χ0n) is 18.0. The van der Waals surface area contributed by atoms with Gasteiger partial charge in [0.25, 0.3) is 0 Å². The van der Waals surface area contributed by atoms with Gasteiger partial charge in [-0.25, -0.2) is 9.67 Å². The Labute approximate surface area is 181 Å².